The minimum atomic E-state index is -0.450. The molecule has 0 fully saturated rings. The van der Waals surface area contributed by atoms with Crippen molar-refractivity contribution in [3.8, 4) is 0 Å². The van der Waals surface area contributed by atoms with Crippen molar-refractivity contribution >= 4 is 27.8 Å². The van der Waals surface area contributed by atoms with E-state index in [4.69, 9.17) is 0 Å². The van der Waals surface area contributed by atoms with E-state index in [1.165, 1.54) is 6.92 Å². The molecule has 0 radical (unpaired) electrons. The summed E-state index contributed by atoms with van der Waals surface area (Å²) in [5, 5.41) is 11.1. The molecule has 0 aliphatic rings. The molecule has 94 valence electrons. The van der Waals surface area contributed by atoms with Crippen molar-refractivity contribution in [2.24, 2.45) is 0 Å². The summed E-state index contributed by atoms with van der Waals surface area (Å²) >= 11 is 1.000. The van der Waals surface area contributed by atoms with Crippen molar-refractivity contribution in [3.05, 3.63) is 46.1 Å². The highest BCUT2D eigenvalue weighted by Gasteiger charge is 2.23. The van der Waals surface area contributed by atoms with Crippen LogP contribution in [-0.2, 0) is 4.79 Å². The van der Waals surface area contributed by atoms with Gasteiger partial charge in [0.05, 0.1) is 0 Å². The van der Waals surface area contributed by atoms with E-state index in [0.29, 0.717) is 0 Å². The molecule has 1 unspecified atom stereocenters. The number of hydrogen-bond donors (Lipinski definition) is 1. The van der Waals surface area contributed by atoms with Gasteiger partial charge in [0.25, 0.3) is 0 Å². The molecule has 2 rings (SSSR count). The number of aromatic amines is 1. The quantitative estimate of drug-likeness (QED) is 0.680. The molecule has 0 aliphatic heterocycles. The molecule has 1 N–H and O–H groups in total. The van der Waals surface area contributed by atoms with Gasteiger partial charge in [-0.05, 0) is 11.6 Å². The lowest BCUT2D eigenvalue weighted by atomic mass is 10.1. The van der Waals surface area contributed by atoms with Crippen LogP contribution in [0.5, 0.6) is 0 Å². The molecule has 0 saturated heterocycles. The highest BCUT2D eigenvalue weighted by Crippen LogP contribution is 2.34. The number of benzene rings is 1. The molecule has 0 aliphatic carbocycles. The number of aromatic nitrogens is 1. The van der Waals surface area contributed by atoms with Crippen molar-refractivity contribution in [1.82, 2.24) is 4.98 Å². The number of nitrogens with zero attached hydrogens (tertiary/aromatic N) is 1. The predicted octanol–water partition coefficient (Wildman–Crippen LogP) is 2.77. The van der Waals surface area contributed by atoms with Gasteiger partial charge < -0.3 is 4.98 Å². The lowest BCUT2D eigenvalue weighted by Crippen LogP contribution is -2.10. The first-order chi connectivity index (χ1) is 8.58. The van der Waals surface area contributed by atoms with Crippen molar-refractivity contribution in [2.45, 2.75) is 12.2 Å². The smallest absolute Gasteiger partial charge is 0.220 e. The fourth-order valence-electron chi connectivity index (χ4n) is 1.90. The second kappa shape index (κ2) is 5.22. The van der Waals surface area contributed by atoms with Gasteiger partial charge in [-0.25, -0.2) is 0 Å². The number of H-pyrrole nitrogens is 1. The van der Waals surface area contributed by atoms with Crippen LogP contribution in [0.15, 0.2) is 30.5 Å². The predicted molar refractivity (Wildman–Crippen MR) is 71.2 cm³/mol. The topological polar surface area (TPSA) is 76.0 Å². The van der Waals surface area contributed by atoms with Crippen LogP contribution in [0.25, 0.3) is 10.9 Å². The van der Waals surface area contributed by atoms with Crippen LogP contribution in [0.3, 0.4) is 0 Å². The molecule has 0 spiro atoms. The minimum absolute atomic E-state index is 0.118. The average molecular weight is 264 g/mol. The Labute approximate surface area is 108 Å². The lowest BCUT2D eigenvalue weighted by Gasteiger charge is -2.09. The fraction of sp³-hybridized carbons (Fsp3) is 0.250. The van der Waals surface area contributed by atoms with Gasteiger partial charge in [0.15, 0.2) is 5.12 Å². The van der Waals surface area contributed by atoms with E-state index in [0.717, 1.165) is 28.2 Å². The first-order valence-electron chi connectivity index (χ1n) is 5.43. The number of para-hydroxylation sites is 1. The summed E-state index contributed by atoms with van der Waals surface area (Å²) in [6.45, 7) is 1.17. The molecule has 1 aromatic carbocycles. The van der Waals surface area contributed by atoms with Crippen molar-refractivity contribution in [1.29, 1.82) is 0 Å². The summed E-state index contributed by atoms with van der Waals surface area (Å²) < 4.78 is 0. The Kier molecular flexibility index (Phi) is 3.66. The molecule has 18 heavy (non-hydrogen) atoms. The van der Waals surface area contributed by atoms with Crippen LogP contribution in [-0.4, -0.2) is 21.6 Å². The van der Waals surface area contributed by atoms with E-state index in [1.807, 2.05) is 24.3 Å². The van der Waals surface area contributed by atoms with E-state index in [1.54, 1.807) is 6.20 Å². The molecule has 0 amide bonds. The molecule has 1 heterocycles. The van der Waals surface area contributed by atoms with Gasteiger partial charge in [0.1, 0.15) is 5.25 Å². The van der Waals surface area contributed by atoms with Crippen LogP contribution in [0.4, 0.5) is 0 Å². The second-order valence-electron chi connectivity index (χ2n) is 3.90. The molecule has 6 heteroatoms. The maximum Gasteiger partial charge on any atom is 0.220 e. The van der Waals surface area contributed by atoms with E-state index in [9.17, 15) is 14.9 Å². The van der Waals surface area contributed by atoms with Gasteiger partial charge in [-0.3, -0.25) is 14.9 Å². The zero-order valence-corrected chi connectivity index (χ0v) is 10.6. The van der Waals surface area contributed by atoms with Gasteiger partial charge in [0, 0.05) is 28.9 Å². The SMILES string of the molecule is CC(=O)SC(C[N+](=O)[O-])c1c[nH]c2ccccc12. The number of rotatable bonds is 4. The van der Waals surface area contributed by atoms with Crippen LogP contribution < -0.4 is 0 Å². The average Bonchev–Trinajstić information content (AvgIpc) is 2.70. The van der Waals surface area contributed by atoms with Gasteiger partial charge >= 0.3 is 0 Å². The Morgan fingerprint density at radius 1 is 1.50 bits per heavy atom. The fourth-order valence-corrected chi connectivity index (χ4v) is 2.81. The van der Waals surface area contributed by atoms with Gasteiger partial charge in [-0.15, -0.1) is 0 Å². The van der Waals surface area contributed by atoms with Crippen molar-refractivity contribution in [3.63, 3.8) is 0 Å². The maximum atomic E-state index is 11.2. The normalized spacial score (nSPS) is 12.5. The van der Waals surface area contributed by atoms with Crippen molar-refractivity contribution in [2.75, 3.05) is 6.54 Å². The molecule has 2 aromatic rings. The third-order valence-electron chi connectivity index (χ3n) is 2.59. The zero-order chi connectivity index (χ0) is 13.1. The highest BCUT2D eigenvalue weighted by molar-refractivity contribution is 8.13. The molecule has 1 atom stereocenters. The molecule has 5 nitrogen and oxygen atoms in total. The number of thioether (sulfide) groups is 1. The number of fused-ring (bicyclic) bond motifs is 1. The first-order valence-corrected chi connectivity index (χ1v) is 6.31. The van der Waals surface area contributed by atoms with Crippen LogP contribution in [0.1, 0.15) is 17.7 Å². The van der Waals surface area contributed by atoms with Crippen LogP contribution in [0, 0.1) is 10.1 Å². The Morgan fingerprint density at radius 3 is 2.89 bits per heavy atom. The number of carbonyl (C=O) groups excluding carboxylic acids is 1. The van der Waals surface area contributed by atoms with Crippen molar-refractivity contribution < 1.29 is 9.72 Å². The lowest BCUT2D eigenvalue weighted by molar-refractivity contribution is -0.479. The van der Waals surface area contributed by atoms with E-state index in [-0.39, 0.29) is 16.6 Å². The molecular weight excluding hydrogens is 252 g/mol. The minimum Gasteiger partial charge on any atom is -0.361 e. The van der Waals surface area contributed by atoms with E-state index in [2.05, 4.69) is 4.98 Å². The summed E-state index contributed by atoms with van der Waals surface area (Å²) in [5.74, 6) is 0. The number of hydrogen-bond acceptors (Lipinski definition) is 4. The summed E-state index contributed by atoms with van der Waals surface area (Å²) in [5.41, 5.74) is 1.73. The van der Waals surface area contributed by atoms with Gasteiger partial charge in [0.2, 0.25) is 6.54 Å². The summed E-state index contributed by atoms with van der Waals surface area (Å²) in [4.78, 5) is 24.6. The number of carbonyl (C=O) groups is 1. The van der Waals surface area contributed by atoms with Crippen LogP contribution in [0.2, 0.25) is 0 Å². The Hall–Kier alpha value is -1.82. The zero-order valence-electron chi connectivity index (χ0n) is 9.75. The Bertz CT molecular complexity index is 578. The van der Waals surface area contributed by atoms with Crippen LogP contribution >= 0.6 is 11.8 Å². The molecule has 0 bridgehead atoms. The highest BCUT2D eigenvalue weighted by atomic mass is 32.2. The summed E-state index contributed by atoms with van der Waals surface area (Å²) in [6, 6.07) is 7.57. The van der Waals surface area contributed by atoms with E-state index >= 15 is 0 Å². The summed E-state index contributed by atoms with van der Waals surface area (Å²) in [6.07, 6.45) is 1.74. The number of nitro groups is 1. The van der Waals surface area contributed by atoms with E-state index < -0.39 is 5.25 Å². The summed E-state index contributed by atoms with van der Waals surface area (Å²) in [7, 11) is 0. The molecular formula is C12H12N2O3S. The maximum absolute atomic E-state index is 11.2. The second-order valence-corrected chi connectivity index (χ2v) is 5.28. The molecule has 0 saturated carbocycles. The van der Waals surface area contributed by atoms with Gasteiger partial charge in [-0.1, -0.05) is 30.0 Å². The third-order valence-corrected chi connectivity index (χ3v) is 3.61. The monoisotopic (exact) mass is 264 g/mol. The first kappa shape index (κ1) is 12.6. The standard InChI is InChI=1S/C12H12N2O3S/c1-8(15)18-12(7-14(16)17)10-6-13-11-5-3-2-4-9(10)11/h2-6,12-13H,7H2,1H3. The molecule has 1 aromatic heterocycles. The Morgan fingerprint density at radius 2 is 2.22 bits per heavy atom. The van der Waals surface area contributed by atoms with Gasteiger partial charge in [-0.2, -0.15) is 0 Å². The Balaban J connectivity index is 2.40. The third kappa shape index (κ3) is 2.70. The number of nitrogens with one attached hydrogen (secondary N) is 1. The largest absolute Gasteiger partial charge is 0.361 e.